The van der Waals surface area contributed by atoms with Crippen LogP contribution in [0, 0.1) is 5.41 Å². The number of likely N-dealkylation sites (tertiary alicyclic amines) is 1. The Morgan fingerprint density at radius 3 is 2.56 bits per heavy atom. The highest BCUT2D eigenvalue weighted by Crippen LogP contribution is 2.30. The molecule has 1 aliphatic heterocycles. The van der Waals surface area contributed by atoms with Gasteiger partial charge in [-0.25, -0.2) is 0 Å². The van der Waals surface area contributed by atoms with Crippen molar-refractivity contribution in [3.8, 4) is 0 Å². The van der Waals surface area contributed by atoms with E-state index in [1.807, 2.05) is 30.3 Å². The van der Waals surface area contributed by atoms with E-state index in [2.05, 4.69) is 25.7 Å². The Morgan fingerprint density at radius 2 is 1.94 bits per heavy atom. The van der Waals surface area contributed by atoms with Crippen LogP contribution in [-0.2, 0) is 0 Å². The van der Waals surface area contributed by atoms with Crippen LogP contribution in [0.2, 0.25) is 0 Å². The smallest absolute Gasteiger partial charge is 0.254 e. The van der Waals surface area contributed by atoms with Gasteiger partial charge < -0.3 is 4.90 Å². The number of rotatable bonds is 2. The van der Waals surface area contributed by atoms with Crippen LogP contribution in [0.1, 0.15) is 50.4 Å². The predicted molar refractivity (Wildman–Crippen MR) is 74.6 cm³/mol. The lowest BCUT2D eigenvalue weighted by Gasteiger charge is -2.30. The SMILES string of the molecule is CC(C)(C)C[C@@H]1CCCN1C(=O)c1ccccc1. The highest BCUT2D eigenvalue weighted by atomic mass is 16.2. The van der Waals surface area contributed by atoms with Crippen molar-refractivity contribution in [1.82, 2.24) is 4.90 Å². The van der Waals surface area contributed by atoms with E-state index in [0.717, 1.165) is 31.4 Å². The first-order valence-electron chi connectivity index (χ1n) is 6.83. The van der Waals surface area contributed by atoms with E-state index in [4.69, 9.17) is 0 Å². The summed E-state index contributed by atoms with van der Waals surface area (Å²) >= 11 is 0. The fraction of sp³-hybridized carbons (Fsp3) is 0.562. The van der Waals surface area contributed by atoms with Gasteiger partial charge in [0.25, 0.3) is 5.91 Å². The number of carbonyl (C=O) groups is 1. The quantitative estimate of drug-likeness (QED) is 0.777. The van der Waals surface area contributed by atoms with E-state index >= 15 is 0 Å². The molecule has 1 amide bonds. The minimum atomic E-state index is 0.197. The van der Waals surface area contributed by atoms with E-state index in [1.165, 1.54) is 0 Å². The minimum Gasteiger partial charge on any atom is -0.336 e. The lowest BCUT2D eigenvalue weighted by atomic mass is 9.87. The van der Waals surface area contributed by atoms with Gasteiger partial charge in [0, 0.05) is 18.2 Å². The Labute approximate surface area is 110 Å². The van der Waals surface area contributed by atoms with E-state index < -0.39 is 0 Å². The molecular weight excluding hydrogens is 222 g/mol. The summed E-state index contributed by atoms with van der Waals surface area (Å²) in [6.45, 7) is 7.65. The second-order valence-electron chi connectivity index (χ2n) is 6.43. The number of amides is 1. The summed E-state index contributed by atoms with van der Waals surface area (Å²) in [4.78, 5) is 14.5. The molecule has 0 bridgehead atoms. The molecule has 2 nitrogen and oxygen atoms in total. The van der Waals surface area contributed by atoms with Gasteiger partial charge in [-0.05, 0) is 36.8 Å². The van der Waals surface area contributed by atoms with Crippen LogP contribution in [0.25, 0.3) is 0 Å². The van der Waals surface area contributed by atoms with Gasteiger partial charge in [-0.3, -0.25) is 4.79 Å². The zero-order valence-electron chi connectivity index (χ0n) is 11.6. The number of hydrogen-bond acceptors (Lipinski definition) is 1. The Kier molecular flexibility index (Phi) is 3.74. The summed E-state index contributed by atoms with van der Waals surface area (Å²) in [6.07, 6.45) is 3.38. The maximum Gasteiger partial charge on any atom is 0.254 e. The van der Waals surface area contributed by atoms with Gasteiger partial charge in [0.2, 0.25) is 0 Å². The molecule has 0 aromatic heterocycles. The molecule has 98 valence electrons. The molecule has 0 saturated carbocycles. The Morgan fingerprint density at radius 1 is 1.28 bits per heavy atom. The third kappa shape index (κ3) is 3.12. The lowest BCUT2D eigenvalue weighted by Crippen LogP contribution is -2.37. The standard InChI is InChI=1S/C16H23NO/c1-16(2,3)12-14-10-7-11-17(14)15(18)13-8-5-4-6-9-13/h4-6,8-9,14H,7,10-12H2,1-3H3/t14-/m0/s1. The number of carbonyl (C=O) groups excluding carboxylic acids is 1. The van der Waals surface area contributed by atoms with Crippen LogP contribution in [0.3, 0.4) is 0 Å². The van der Waals surface area contributed by atoms with Crippen molar-refractivity contribution < 1.29 is 4.79 Å². The third-order valence-electron chi connectivity index (χ3n) is 3.51. The Bertz CT molecular complexity index is 405. The molecule has 1 aromatic carbocycles. The summed E-state index contributed by atoms with van der Waals surface area (Å²) < 4.78 is 0. The molecule has 1 fully saturated rings. The highest BCUT2D eigenvalue weighted by Gasteiger charge is 2.31. The van der Waals surface area contributed by atoms with Gasteiger partial charge in [-0.15, -0.1) is 0 Å². The topological polar surface area (TPSA) is 20.3 Å². The largest absolute Gasteiger partial charge is 0.336 e. The second kappa shape index (κ2) is 5.13. The molecule has 1 saturated heterocycles. The summed E-state index contributed by atoms with van der Waals surface area (Å²) in [5, 5.41) is 0. The van der Waals surface area contributed by atoms with Crippen molar-refractivity contribution in [2.24, 2.45) is 5.41 Å². The van der Waals surface area contributed by atoms with Crippen molar-refractivity contribution in [3.05, 3.63) is 35.9 Å². The van der Waals surface area contributed by atoms with Crippen LogP contribution in [0.4, 0.5) is 0 Å². The molecule has 18 heavy (non-hydrogen) atoms. The van der Waals surface area contributed by atoms with E-state index in [0.29, 0.717) is 6.04 Å². The molecule has 2 heteroatoms. The van der Waals surface area contributed by atoms with Crippen LogP contribution < -0.4 is 0 Å². The van der Waals surface area contributed by atoms with E-state index in [1.54, 1.807) is 0 Å². The van der Waals surface area contributed by atoms with Crippen LogP contribution >= 0.6 is 0 Å². The summed E-state index contributed by atoms with van der Waals surface area (Å²) in [5.74, 6) is 0.197. The summed E-state index contributed by atoms with van der Waals surface area (Å²) in [6, 6.07) is 10.1. The molecule has 2 rings (SSSR count). The fourth-order valence-corrected chi connectivity index (χ4v) is 2.77. The van der Waals surface area contributed by atoms with Crippen molar-refractivity contribution >= 4 is 5.91 Å². The van der Waals surface area contributed by atoms with Crippen molar-refractivity contribution in [3.63, 3.8) is 0 Å². The summed E-state index contributed by atoms with van der Waals surface area (Å²) in [7, 11) is 0. The zero-order valence-corrected chi connectivity index (χ0v) is 11.6. The Hall–Kier alpha value is -1.31. The molecule has 1 atom stereocenters. The Balaban J connectivity index is 2.10. The molecule has 0 unspecified atom stereocenters. The lowest BCUT2D eigenvalue weighted by molar-refractivity contribution is 0.0704. The van der Waals surface area contributed by atoms with Crippen molar-refractivity contribution in [2.75, 3.05) is 6.54 Å². The first kappa shape index (κ1) is 13.1. The van der Waals surface area contributed by atoms with Gasteiger partial charge in [0.1, 0.15) is 0 Å². The van der Waals surface area contributed by atoms with Gasteiger partial charge in [0.15, 0.2) is 0 Å². The van der Waals surface area contributed by atoms with Crippen LogP contribution in [-0.4, -0.2) is 23.4 Å². The molecule has 1 aliphatic rings. The normalized spacial score (nSPS) is 20.2. The molecule has 0 N–H and O–H groups in total. The average Bonchev–Trinajstić information content (AvgIpc) is 2.75. The summed E-state index contributed by atoms with van der Waals surface area (Å²) in [5.41, 5.74) is 1.10. The van der Waals surface area contributed by atoms with Gasteiger partial charge in [0.05, 0.1) is 0 Å². The molecule has 0 radical (unpaired) electrons. The third-order valence-corrected chi connectivity index (χ3v) is 3.51. The van der Waals surface area contributed by atoms with Crippen LogP contribution in [0.5, 0.6) is 0 Å². The number of benzene rings is 1. The molecular formula is C16H23NO. The first-order valence-corrected chi connectivity index (χ1v) is 6.83. The van der Waals surface area contributed by atoms with Gasteiger partial charge in [-0.1, -0.05) is 39.0 Å². The first-order chi connectivity index (χ1) is 8.47. The highest BCUT2D eigenvalue weighted by molar-refractivity contribution is 5.94. The maximum absolute atomic E-state index is 12.5. The minimum absolute atomic E-state index is 0.197. The molecule has 1 heterocycles. The molecule has 0 aliphatic carbocycles. The predicted octanol–water partition coefficient (Wildman–Crippen LogP) is 3.73. The van der Waals surface area contributed by atoms with Crippen molar-refractivity contribution in [2.45, 2.75) is 46.1 Å². The zero-order chi connectivity index (χ0) is 13.2. The second-order valence-corrected chi connectivity index (χ2v) is 6.43. The fourth-order valence-electron chi connectivity index (χ4n) is 2.77. The monoisotopic (exact) mass is 245 g/mol. The van der Waals surface area contributed by atoms with Gasteiger partial charge >= 0.3 is 0 Å². The number of hydrogen-bond donors (Lipinski definition) is 0. The van der Waals surface area contributed by atoms with E-state index in [9.17, 15) is 4.79 Å². The van der Waals surface area contributed by atoms with Crippen molar-refractivity contribution in [1.29, 1.82) is 0 Å². The van der Waals surface area contributed by atoms with Crippen LogP contribution in [0.15, 0.2) is 30.3 Å². The van der Waals surface area contributed by atoms with E-state index in [-0.39, 0.29) is 11.3 Å². The molecule has 1 aromatic rings. The number of nitrogens with zero attached hydrogens (tertiary/aromatic N) is 1. The van der Waals surface area contributed by atoms with Gasteiger partial charge in [-0.2, -0.15) is 0 Å². The molecule has 0 spiro atoms. The average molecular weight is 245 g/mol. The maximum atomic E-state index is 12.5.